The summed E-state index contributed by atoms with van der Waals surface area (Å²) in [5.74, 6) is 0. The molecule has 0 fully saturated rings. The summed E-state index contributed by atoms with van der Waals surface area (Å²) < 4.78 is 3.32. The molecule has 50 heavy (non-hydrogen) atoms. The summed E-state index contributed by atoms with van der Waals surface area (Å²) in [6.45, 7) is 29.0. The van der Waals surface area contributed by atoms with Gasteiger partial charge in [-0.3, -0.25) is 0 Å². The summed E-state index contributed by atoms with van der Waals surface area (Å²) >= 11 is -1.36. The van der Waals surface area contributed by atoms with Crippen molar-refractivity contribution in [2.45, 2.75) is 97.1 Å². The molecule has 6 heteroatoms. The van der Waals surface area contributed by atoms with E-state index in [4.69, 9.17) is 0 Å². The van der Waals surface area contributed by atoms with Gasteiger partial charge in [-0.1, -0.05) is 0 Å². The van der Waals surface area contributed by atoms with Crippen molar-refractivity contribution in [1.82, 2.24) is 0 Å². The molecule has 0 heterocycles. The molecule has 1 atom stereocenters. The van der Waals surface area contributed by atoms with Gasteiger partial charge in [-0.15, -0.1) is 0 Å². The molecule has 0 saturated heterocycles. The number of benzene rings is 3. The van der Waals surface area contributed by atoms with Crippen molar-refractivity contribution in [2.24, 2.45) is 0 Å². The zero-order valence-corrected chi connectivity index (χ0v) is 39.1. The van der Waals surface area contributed by atoms with Gasteiger partial charge in [0.1, 0.15) is 0 Å². The Morgan fingerprint density at radius 3 is 1.72 bits per heavy atom. The van der Waals surface area contributed by atoms with Gasteiger partial charge in [0, 0.05) is 0 Å². The smallest absolute Gasteiger partial charge is 1.00 e. The fraction of sp³-hybridized carbons (Fsp3) is 0.341. The van der Waals surface area contributed by atoms with Crippen molar-refractivity contribution in [1.29, 1.82) is 0 Å². The zero-order valence-electron chi connectivity index (χ0n) is 32.1. The molecule has 261 valence electrons. The van der Waals surface area contributed by atoms with Gasteiger partial charge in [0.25, 0.3) is 0 Å². The number of aryl methyl sites for hydroxylation is 1. The number of hydrogen-bond acceptors (Lipinski definition) is 0. The molecule has 3 aliphatic carbocycles. The molecule has 0 spiro atoms. The van der Waals surface area contributed by atoms with Crippen LogP contribution < -0.4 is 35.3 Å². The van der Waals surface area contributed by atoms with Crippen LogP contribution in [0.3, 0.4) is 0 Å². The van der Waals surface area contributed by atoms with Gasteiger partial charge in [-0.05, 0) is 0 Å². The Morgan fingerprint density at radius 1 is 0.700 bits per heavy atom. The van der Waals surface area contributed by atoms with E-state index >= 15 is 0 Å². The summed E-state index contributed by atoms with van der Waals surface area (Å²) in [6, 6.07) is 30.3. The summed E-state index contributed by atoms with van der Waals surface area (Å²) in [4.78, 5) is 0. The van der Waals surface area contributed by atoms with E-state index in [1.54, 1.807) is 34.0 Å². The van der Waals surface area contributed by atoms with Crippen LogP contribution in [0.4, 0.5) is 0 Å². The van der Waals surface area contributed by atoms with Gasteiger partial charge >= 0.3 is 307 Å². The van der Waals surface area contributed by atoms with Gasteiger partial charge < -0.3 is 24.8 Å². The maximum Gasteiger partial charge on any atom is -1.00 e. The van der Waals surface area contributed by atoms with Crippen molar-refractivity contribution in [2.75, 3.05) is 0 Å². The molecule has 0 radical (unpaired) electrons. The van der Waals surface area contributed by atoms with Gasteiger partial charge in [0.15, 0.2) is 0 Å². The van der Waals surface area contributed by atoms with Crippen LogP contribution >= 0.6 is 0 Å². The molecule has 0 amide bonds. The Labute approximate surface area is 329 Å². The molecule has 0 aromatic heterocycles. The Balaban J connectivity index is 0.00000281. The topological polar surface area (TPSA) is 0 Å². The van der Waals surface area contributed by atoms with E-state index in [9.17, 15) is 0 Å². The Kier molecular flexibility index (Phi) is 12.6. The van der Waals surface area contributed by atoms with Crippen LogP contribution in [0, 0.1) is 0 Å². The Morgan fingerprint density at radius 2 is 1.28 bits per heavy atom. The molecule has 3 aromatic carbocycles. The molecule has 0 nitrogen and oxygen atoms in total. The van der Waals surface area contributed by atoms with E-state index in [0.717, 1.165) is 12.8 Å². The third kappa shape index (κ3) is 7.04. The van der Waals surface area contributed by atoms with E-state index in [-0.39, 0.29) is 29.9 Å². The van der Waals surface area contributed by atoms with E-state index in [0.29, 0.717) is 0 Å². The van der Waals surface area contributed by atoms with E-state index in [1.165, 1.54) is 28.3 Å². The molecule has 0 N–H and O–H groups in total. The fourth-order valence-electron chi connectivity index (χ4n) is 9.06. The molecule has 1 unspecified atom stereocenters. The largest absolute Gasteiger partial charge is 1.00 e. The normalized spacial score (nSPS) is 18.7. The number of allylic oxidation sites excluding steroid dienone is 8. The van der Waals surface area contributed by atoms with Crippen LogP contribution in [-0.2, 0) is 29.2 Å². The van der Waals surface area contributed by atoms with Crippen LogP contribution in [0.1, 0.15) is 43.4 Å². The Bertz CT molecular complexity index is 2010. The second-order valence-corrected chi connectivity index (χ2v) is 35.5. The van der Waals surface area contributed by atoms with Gasteiger partial charge in [-0.25, -0.2) is 0 Å². The molecule has 0 bridgehead atoms. The van der Waals surface area contributed by atoms with Gasteiger partial charge in [-0.2, -0.15) is 0 Å². The van der Waals surface area contributed by atoms with Crippen LogP contribution in [0.25, 0.3) is 8.85 Å². The SMILES string of the molecule is CCc1ccc2c(c1)=[C]([Zr+2]=[C](c1ccccc1)c1ccccc1)C1=C(C3=CC=CC3)C(CC)([Si](C)(C)C)C([Si](C)(C)C)=C([Si](C)(C)C)C=21.[Cl-].[Cl-]. The number of fused-ring (bicyclic) bond motifs is 2. The van der Waals surface area contributed by atoms with Crippen molar-refractivity contribution >= 4 is 36.3 Å². The van der Waals surface area contributed by atoms with Crippen molar-refractivity contribution in [3.05, 3.63) is 151 Å². The third-order valence-electron chi connectivity index (χ3n) is 10.9. The predicted molar refractivity (Wildman–Crippen MR) is 217 cm³/mol. The molecule has 0 aliphatic heterocycles. The van der Waals surface area contributed by atoms with Crippen molar-refractivity contribution < 1.29 is 47.6 Å². The van der Waals surface area contributed by atoms with E-state index in [1.807, 2.05) is 10.4 Å². The van der Waals surface area contributed by atoms with Crippen LogP contribution in [0.15, 0.2) is 124 Å². The quantitative estimate of drug-likeness (QED) is 0.277. The summed E-state index contributed by atoms with van der Waals surface area (Å²) in [5.41, 5.74) is 11.0. The summed E-state index contributed by atoms with van der Waals surface area (Å²) in [5, 5.41) is 6.97. The molecule has 6 rings (SSSR count). The predicted octanol–water partition coefficient (Wildman–Crippen LogP) is 4.62. The first kappa shape index (κ1) is 41.1. The fourth-order valence-corrected chi connectivity index (χ4v) is 25.0. The minimum Gasteiger partial charge on any atom is -1.00 e. The minimum atomic E-state index is -1.85. The average Bonchev–Trinajstić information content (AvgIpc) is 3.68. The minimum absolute atomic E-state index is 0. The number of rotatable bonds is 9. The molecule has 0 saturated carbocycles. The average molecular weight is 830 g/mol. The molecular weight excluding hydrogens is 775 g/mol. The van der Waals surface area contributed by atoms with Crippen molar-refractivity contribution in [3.8, 4) is 0 Å². The van der Waals surface area contributed by atoms with Crippen LogP contribution in [-0.4, -0.2) is 27.4 Å². The second kappa shape index (κ2) is 15.4. The first-order valence-electron chi connectivity index (χ1n) is 18.1. The van der Waals surface area contributed by atoms with Crippen LogP contribution in [0.5, 0.6) is 0 Å². The Hall–Kier alpha value is -1.66. The van der Waals surface area contributed by atoms with Gasteiger partial charge in [0.05, 0.1) is 0 Å². The third-order valence-corrected chi connectivity index (χ3v) is 22.9. The van der Waals surface area contributed by atoms with E-state index in [2.05, 4.69) is 170 Å². The monoisotopic (exact) mass is 827 g/mol. The second-order valence-electron chi connectivity index (χ2n) is 17.0. The summed E-state index contributed by atoms with van der Waals surface area (Å²) in [7, 11) is -5.48. The maximum atomic E-state index is 2.70. The zero-order chi connectivity index (χ0) is 34.6. The molecule has 3 aliphatic rings. The van der Waals surface area contributed by atoms with Crippen molar-refractivity contribution in [3.63, 3.8) is 0 Å². The number of hydrogen-bond donors (Lipinski definition) is 0. The van der Waals surface area contributed by atoms with E-state index < -0.39 is 47.0 Å². The summed E-state index contributed by atoms with van der Waals surface area (Å²) in [6.07, 6.45) is 10.6. The molecular formula is C44H55Cl2Si3Zr. The van der Waals surface area contributed by atoms with Crippen LogP contribution in [0.2, 0.25) is 64.0 Å². The maximum absolute atomic E-state index is 2.70. The first-order chi connectivity index (χ1) is 22.6. The standard InChI is InChI=1S/C31H45Si3.C13H10.2ClH.Zr/c1-12-22-18-19-25-24(20-22)21-26-27(25)29(32(3,4)5)30(33(6,7)8)31(13-2,34(9,10)11)28(26)23-16-14-15-17-23;1-3-7-12(8-4-1)11-13-9-5-2-6-10-13;;;/h14-16,18-20H,12-13,17H2,1-11H3;1-10H;2*1H;/q;;;;+2/p-2. The van der Waals surface area contributed by atoms with Gasteiger partial charge in [0.2, 0.25) is 0 Å². The number of halogens is 2. The first-order valence-corrected chi connectivity index (χ1v) is 31.1. The molecule has 3 aromatic rings.